The third kappa shape index (κ3) is 3.27. The molecule has 0 aromatic rings. The zero-order valence-corrected chi connectivity index (χ0v) is 8.99. The van der Waals surface area contributed by atoms with Crippen molar-refractivity contribution in [3.63, 3.8) is 0 Å². The van der Waals surface area contributed by atoms with E-state index in [2.05, 4.69) is 24.1 Å². The highest BCUT2D eigenvalue weighted by Crippen LogP contribution is 2.11. The van der Waals surface area contributed by atoms with E-state index in [4.69, 9.17) is 5.11 Å². The highest BCUT2D eigenvalue weighted by atomic mass is 16.4. The van der Waals surface area contributed by atoms with Gasteiger partial charge in [-0.05, 0) is 19.9 Å². The Balaban J connectivity index is 2.38. The van der Waals surface area contributed by atoms with Crippen LogP contribution in [0.2, 0.25) is 0 Å². The van der Waals surface area contributed by atoms with Crippen LogP contribution in [0, 0.1) is 0 Å². The normalized spacial score (nSPS) is 29.0. The molecule has 1 aliphatic heterocycles. The first kappa shape index (κ1) is 11.5. The third-order valence-electron chi connectivity index (χ3n) is 2.82. The number of rotatable bonds is 4. The number of hydrogen-bond donors (Lipinski definition) is 2. The largest absolute Gasteiger partial charge is 0.481 e. The van der Waals surface area contributed by atoms with Gasteiger partial charge in [0, 0.05) is 31.6 Å². The van der Waals surface area contributed by atoms with Crippen LogP contribution < -0.4 is 5.32 Å². The van der Waals surface area contributed by atoms with Gasteiger partial charge in [0.1, 0.15) is 0 Å². The molecule has 2 N–H and O–H groups in total. The summed E-state index contributed by atoms with van der Waals surface area (Å²) in [6.45, 7) is 7.25. The average molecular weight is 200 g/mol. The Hall–Kier alpha value is -0.610. The van der Waals surface area contributed by atoms with Gasteiger partial charge in [-0.25, -0.2) is 0 Å². The summed E-state index contributed by atoms with van der Waals surface area (Å²) in [6, 6.07) is 0.920. The maximum absolute atomic E-state index is 10.5. The van der Waals surface area contributed by atoms with Crippen molar-refractivity contribution in [2.75, 3.05) is 19.6 Å². The van der Waals surface area contributed by atoms with E-state index in [0.717, 1.165) is 26.1 Å². The Morgan fingerprint density at radius 1 is 1.64 bits per heavy atom. The van der Waals surface area contributed by atoms with Crippen molar-refractivity contribution in [2.45, 2.75) is 38.8 Å². The van der Waals surface area contributed by atoms with E-state index in [1.165, 1.54) is 0 Å². The molecular weight excluding hydrogens is 180 g/mol. The van der Waals surface area contributed by atoms with Crippen LogP contribution in [0.25, 0.3) is 0 Å². The highest BCUT2D eigenvalue weighted by Gasteiger charge is 2.24. The Morgan fingerprint density at radius 2 is 2.36 bits per heavy atom. The molecule has 1 rings (SSSR count). The molecule has 0 aromatic heterocycles. The second-order valence-electron chi connectivity index (χ2n) is 3.98. The molecule has 0 spiro atoms. The second kappa shape index (κ2) is 5.32. The lowest BCUT2D eigenvalue weighted by Crippen LogP contribution is -2.55. The summed E-state index contributed by atoms with van der Waals surface area (Å²) in [4.78, 5) is 12.8. The van der Waals surface area contributed by atoms with Gasteiger partial charge in [-0.3, -0.25) is 9.69 Å². The van der Waals surface area contributed by atoms with Crippen molar-refractivity contribution in [3.05, 3.63) is 0 Å². The van der Waals surface area contributed by atoms with Crippen LogP contribution in [0.1, 0.15) is 26.7 Å². The predicted octanol–water partition coefficient (Wildman–Crippen LogP) is 0.533. The molecule has 1 aliphatic rings. The zero-order valence-electron chi connectivity index (χ0n) is 8.99. The minimum absolute atomic E-state index is 0.275. The number of likely N-dealkylation sites (N-methyl/N-ethyl adjacent to an activating group) is 1. The van der Waals surface area contributed by atoms with E-state index in [1.54, 1.807) is 0 Å². The standard InChI is InChI=1S/C10H20N2O2/c1-3-12-7-8(2)11-6-9(12)4-5-10(13)14/h8-9,11H,3-7H2,1-2H3,(H,13,14). The molecule has 0 amide bonds. The van der Waals surface area contributed by atoms with E-state index in [1.807, 2.05) is 0 Å². The maximum atomic E-state index is 10.5. The lowest BCUT2D eigenvalue weighted by molar-refractivity contribution is -0.137. The molecule has 1 fully saturated rings. The predicted molar refractivity (Wildman–Crippen MR) is 55.4 cm³/mol. The van der Waals surface area contributed by atoms with Crippen LogP contribution in [0.5, 0.6) is 0 Å². The van der Waals surface area contributed by atoms with Gasteiger partial charge in [0.2, 0.25) is 0 Å². The number of carbonyl (C=O) groups is 1. The van der Waals surface area contributed by atoms with Gasteiger partial charge >= 0.3 is 5.97 Å². The first-order valence-corrected chi connectivity index (χ1v) is 5.32. The number of aliphatic carboxylic acids is 1. The number of carboxylic acid groups (broad SMARTS) is 1. The molecular formula is C10H20N2O2. The van der Waals surface area contributed by atoms with E-state index in [-0.39, 0.29) is 6.42 Å². The van der Waals surface area contributed by atoms with Gasteiger partial charge < -0.3 is 10.4 Å². The molecule has 0 aromatic carbocycles. The monoisotopic (exact) mass is 200 g/mol. The van der Waals surface area contributed by atoms with Crippen molar-refractivity contribution >= 4 is 5.97 Å². The SMILES string of the molecule is CCN1CC(C)NCC1CCC(=O)O. The molecule has 0 bridgehead atoms. The fourth-order valence-electron chi connectivity index (χ4n) is 1.99. The molecule has 4 heteroatoms. The van der Waals surface area contributed by atoms with Crippen LogP contribution in [-0.2, 0) is 4.79 Å². The Morgan fingerprint density at radius 3 is 2.93 bits per heavy atom. The fraction of sp³-hybridized carbons (Fsp3) is 0.900. The Kier molecular flexibility index (Phi) is 4.35. The van der Waals surface area contributed by atoms with E-state index < -0.39 is 5.97 Å². The lowest BCUT2D eigenvalue weighted by atomic mass is 10.1. The molecule has 2 atom stereocenters. The fourth-order valence-corrected chi connectivity index (χ4v) is 1.99. The second-order valence-corrected chi connectivity index (χ2v) is 3.98. The van der Waals surface area contributed by atoms with Gasteiger partial charge in [0.15, 0.2) is 0 Å². The molecule has 14 heavy (non-hydrogen) atoms. The molecule has 82 valence electrons. The molecule has 1 saturated heterocycles. The molecule has 2 unspecified atom stereocenters. The summed E-state index contributed by atoms with van der Waals surface area (Å²) in [7, 11) is 0. The Labute approximate surface area is 85.3 Å². The summed E-state index contributed by atoms with van der Waals surface area (Å²) in [5.74, 6) is -0.695. The molecule has 1 heterocycles. The number of carboxylic acids is 1. The van der Waals surface area contributed by atoms with E-state index in [9.17, 15) is 4.79 Å². The lowest BCUT2D eigenvalue weighted by Gasteiger charge is -2.38. The molecule has 0 aliphatic carbocycles. The van der Waals surface area contributed by atoms with Gasteiger partial charge in [-0.1, -0.05) is 6.92 Å². The van der Waals surface area contributed by atoms with Crippen LogP contribution in [-0.4, -0.2) is 47.7 Å². The summed E-state index contributed by atoms with van der Waals surface area (Å²) in [5.41, 5.74) is 0. The quantitative estimate of drug-likeness (QED) is 0.695. The summed E-state index contributed by atoms with van der Waals surface area (Å²) in [5, 5.41) is 12.0. The van der Waals surface area contributed by atoms with Crippen LogP contribution in [0.3, 0.4) is 0 Å². The first-order chi connectivity index (χ1) is 6.63. The molecule has 0 saturated carbocycles. The van der Waals surface area contributed by atoms with E-state index in [0.29, 0.717) is 12.1 Å². The van der Waals surface area contributed by atoms with Gasteiger partial charge in [0.05, 0.1) is 0 Å². The average Bonchev–Trinajstić information content (AvgIpc) is 2.15. The summed E-state index contributed by atoms with van der Waals surface area (Å²) in [6.07, 6.45) is 1.03. The molecule has 4 nitrogen and oxygen atoms in total. The maximum Gasteiger partial charge on any atom is 0.303 e. The van der Waals surface area contributed by atoms with Crippen LogP contribution in [0.15, 0.2) is 0 Å². The summed E-state index contributed by atoms with van der Waals surface area (Å²) < 4.78 is 0. The minimum Gasteiger partial charge on any atom is -0.481 e. The zero-order chi connectivity index (χ0) is 10.6. The van der Waals surface area contributed by atoms with Crippen molar-refractivity contribution in [2.24, 2.45) is 0 Å². The van der Waals surface area contributed by atoms with E-state index >= 15 is 0 Å². The van der Waals surface area contributed by atoms with Crippen molar-refractivity contribution in [1.29, 1.82) is 0 Å². The number of piperazine rings is 1. The van der Waals surface area contributed by atoms with Crippen molar-refractivity contribution in [3.8, 4) is 0 Å². The van der Waals surface area contributed by atoms with Crippen LogP contribution >= 0.6 is 0 Å². The number of nitrogens with zero attached hydrogens (tertiary/aromatic N) is 1. The van der Waals surface area contributed by atoms with Gasteiger partial charge in [0.25, 0.3) is 0 Å². The minimum atomic E-state index is -0.695. The summed E-state index contributed by atoms with van der Waals surface area (Å²) >= 11 is 0. The Bertz CT molecular complexity index is 197. The molecule has 0 radical (unpaired) electrons. The topological polar surface area (TPSA) is 52.6 Å². The van der Waals surface area contributed by atoms with Crippen molar-refractivity contribution in [1.82, 2.24) is 10.2 Å². The smallest absolute Gasteiger partial charge is 0.303 e. The first-order valence-electron chi connectivity index (χ1n) is 5.32. The van der Waals surface area contributed by atoms with Gasteiger partial charge in [-0.15, -0.1) is 0 Å². The number of nitrogens with one attached hydrogen (secondary N) is 1. The van der Waals surface area contributed by atoms with Crippen LogP contribution in [0.4, 0.5) is 0 Å². The third-order valence-corrected chi connectivity index (χ3v) is 2.82. The van der Waals surface area contributed by atoms with Crippen molar-refractivity contribution < 1.29 is 9.90 Å². The highest BCUT2D eigenvalue weighted by molar-refractivity contribution is 5.66. The number of hydrogen-bond acceptors (Lipinski definition) is 3. The van der Waals surface area contributed by atoms with Gasteiger partial charge in [-0.2, -0.15) is 0 Å².